The first kappa shape index (κ1) is 13.4. The third-order valence-electron chi connectivity index (χ3n) is 1.91. The molecular weight excluding hydrogens is 246 g/mol. The summed E-state index contributed by atoms with van der Waals surface area (Å²) in [5.41, 5.74) is 5.16. The molecule has 0 unspecified atom stereocenters. The van der Waals surface area contributed by atoms with Crippen LogP contribution in [0.4, 0.5) is 10.6 Å². The fourth-order valence-electron chi connectivity index (χ4n) is 1.13. The van der Waals surface area contributed by atoms with E-state index >= 15 is 0 Å². The Hall–Kier alpha value is -2.62. The van der Waals surface area contributed by atoms with Crippen LogP contribution in [0.2, 0.25) is 0 Å². The van der Waals surface area contributed by atoms with Crippen molar-refractivity contribution >= 4 is 23.7 Å². The number of nitrogens with zero attached hydrogens (tertiary/aromatic N) is 3. The van der Waals surface area contributed by atoms with Crippen molar-refractivity contribution in [2.75, 3.05) is 5.73 Å². The molecule has 1 saturated heterocycles. The molecule has 0 spiro atoms. The summed E-state index contributed by atoms with van der Waals surface area (Å²) in [5, 5.41) is 22.8. The highest BCUT2D eigenvalue weighted by molar-refractivity contribution is 6.02. The van der Waals surface area contributed by atoms with Gasteiger partial charge in [-0.05, 0) is 6.07 Å². The Labute approximate surface area is 101 Å². The minimum absolute atomic E-state index is 0.0663. The molecule has 0 bridgehead atoms. The molecule has 3 amide bonds. The van der Waals surface area contributed by atoms with Crippen LogP contribution in [0.15, 0.2) is 12.3 Å². The average molecular weight is 257 g/mol. The Kier molecular flexibility index (Phi) is 4.21. The number of imide groups is 1. The van der Waals surface area contributed by atoms with Gasteiger partial charge in [-0.25, -0.2) is 4.79 Å². The first-order valence-electron chi connectivity index (χ1n) is 4.76. The molecule has 1 aromatic heterocycles. The monoisotopic (exact) mass is 257 g/mol. The van der Waals surface area contributed by atoms with Crippen LogP contribution in [-0.4, -0.2) is 48.6 Å². The van der Waals surface area contributed by atoms with Gasteiger partial charge in [-0.3, -0.25) is 19.9 Å². The number of aromatic nitrogens is 2. The highest BCUT2D eigenvalue weighted by Gasteiger charge is 2.36. The van der Waals surface area contributed by atoms with Crippen LogP contribution in [0.5, 0.6) is 0 Å². The van der Waals surface area contributed by atoms with Crippen molar-refractivity contribution in [3.8, 4) is 0 Å². The minimum Gasteiger partial charge on any atom is -0.462 e. The second-order valence-electron chi connectivity index (χ2n) is 3.18. The smallest absolute Gasteiger partial charge is 0.452 e. The Bertz CT molecular complexity index is 429. The van der Waals surface area contributed by atoms with Gasteiger partial charge in [-0.2, -0.15) is 10.1 Å². The number of hydrogen-bond acceptors (Lipinski definition) is 6. The van der Waals surface area contributed by atoms with Crippen LogP contribution in [-0.2, 0) is 9.59 Å². The van der Waals surface area contributed by atoms with Gasteiger partial charge in [0.2, 0.25) is 0 Å². The van der Waals surface area contributed by atoms with Gasteiger partial charge in [0.1, 0.15) is 5.82 Å². The van der Waals surface area contributed by atoms with E-state index in [1.807, 2.05) is 0 Å². The van der Waals surface area contributed by atoms with Crippen molar-refractivity contribution < 1.29 is 24.7 Å². The molecule has 0 radical (unpaired) electrons. The number of rotatable bonds is 1. The molecular formula is C8H11N5O5. The molecule has 0 atom stereocenters. The first-order chi connectivity index (χ1) is 8.43. The summed E-state index contributed by atoms with van der Waals surface area (Å²) in [6.07, 6.45) is -0.291. The summed E-state index contributed by atoms with van der Waals surface area (Å²) < 4.78 is 0. The Morgan fingerprint density at radius 2 is 2.00 bits per heavy atom. The number of nitrogens with one attached hydrogen (secondary N) is 1. The fourth-order valence-corrected chi connectivity index (χ4v) is 1.13. The van der Waals surface area contributed by atoms with E-state index in [1.165, 1.54) is 0 Å². The predicted octanol–water partition coefficient (Wildman–Crippen LogP) is -0.589. The molecule has 10 heteroatoms. The van der Waals surface area contributed by atoms with Gasteiger partial charge >= 0.3 is 6.09 Å². The molecule has 2 rings (SSSR count). The minimum atomic E-state index is -1.77. The van der Waals surface area contributed by atoms with Crippen molar-refractivity contribution in [3.63, 3.8) is 0 Å². The molecule has 2 heterocycles. The number of H-pyrrole nitrogens is 1. The average Bonchev–Trinajstić information content (AvgIpc) is 2.89. The highest BCUT2D eigenvalue weighted by atomic mass is 16.6. The molecule has 5 N–H and O–H groups in total. The van der Waals surface area contributed by atoms with Crippen molar-refractivity contribution in [1.82, 2.24) is 20.4 Å². The number of anilines is 1. The van der Waals surface area contributed by atoms with Gasteiger partial charge in [0.05, 0.1) is 6.20 Å². The lowest BCUT2D eigenvalue weighted by Crippen LogP contribution is -2.46. The summed E-state index contributed by atoms with van der Waals surface area (Å²) >= 11 is 0. The number of nitrogen functional groups attached to an aromatic ring is 1. The molecule has 1 aliphatic heterocycles. The molecule has 1 fully saturated rings. The van der Waals surface area contributed by atoms with Gasteiger partial charge in [0.25, 0.3) is 11.8 Å². The maximum absolute atomic E-state index is 10.8. The molecule has 98 valence electrons. The van der Waals surface area contributed by atoms with Crippen LogP contribution in [0, 0.1) is 0 Å². The largest absolute Gasteiger partial charge is 0.462 e. The first-order valence-corrected chi connectivity index (χ1v) is 4.76. The summed E-state index contributed by atoms with van der Waals surface area (Å²) in [6.45, 7) is 0. The van der Waals surface area contributed by atoms with E-state index in [0.29, 0.717) is 5.82 Å². The van der Waals surface area contributed by atoms with E-state index in [1.54, 1.807) is 12.3 Å². The lowest BCUT2D eigenvalue weighted by atomic mass is 10.4. The number of hydrogen-bond donors (Lipinski definition) is 4. The number of amides is 3. The standard InChI is InChI=1S/C5H6N2O5.C3H5N3/c8-3-1-2-4(9)6(3)7(12)5(10)11;4-3-1-2-5-6-3/h12H,1-2H2,(H,10,11);1-2H,(H3,4,5,6). The molecule has 18 heavy (non-hydrogen) atoms. The topological polar surface area (TPSA) is 153 Å². The molecule has 0 aromatic carbocycles. The molecule has 0 aliphatic carbocycles. The van der Waals surface area contributed by atoms with E-state index in [-0.39, 0.29) is 17.9 Å². The molecule has 1 aliphatic rings. The van der Waals surface area contributed by atoms with Gasteiger partial charge in [0.15, 0.2) is 0 Å². The van der Waals surface area contributed by atoms with Crippen LogP contribution >= 0.6 is 0 Å². The Balaban J connectivity index is 0.000000225. The van der Waals surface area contributed by atoms with Crippen molar-refractivity contribution in [2.45, 2.75) is 12.8 Å². The summed E-state index contributed by atoms with van der Waals surface area (Å²) in [6, 6.07) is 1.69. The number of hydroxylamine groups is 1. The lowest BCUT2D eigenvalue weighted by molar-refractivity contribution is -0.209. The van der Waals surface area contributed by atoms with E-state index in [2.05, 4.69) is 10.2 Å². The van der Waals surface area contributed by atoms with Crippen LogP contribution in [0.1, 0.15) is 12.8 Å². The number of hydrazine groups is 1. The van der Waals surface area contributed by atoms with Crippen molar-refractivity contribution in [1.29, 1.82) is 0 Å². The van der Waals surface area contributed by atoms with Crippen LogP contribution < -0.4 is 5.73 Å². The third kappa shape index (κ3) is 3.18. The number of aromatic amines is 1. The summed E-state index contributed by atoms with van der Waals surface area (Å²) in [7, 11) is 0. The van der Waals surface area contributed by atoms with Gasteiger partial charge in [-0.1, -0.05) is 5.17 Å². The van der Waals surface area contributed by atoms with E-state index in [9.17, 15) is 14.4 Å². The second kappa shape index (κ2) is 5.63. The highest BCUT2D eigenvalue weighted by Crippen LogP contribution is 2.13. The zero-order chi connectivity index (χ0) is 13.7. The predicted molar refractivity (Wildman–Crippen MR) is 55.7 cm³/mol. The van der Waals surface area contributed by atoms with E-state index in [0.717, 1.165) is 0 Å². The van der Waals surface area contributed by atoms with Crippen LogP contribution in [0.25, 0.3) is 0 Å². The Morgan fingerprint density at radius 1 is 1.44 bits per heavy atom. The fraction of sp³-hybridized carbons (Fsp3) is 0.250. The lowest BCUT2D eigenvalue weighted by Gasteiger charge is -2.19. The number of carbonyl (C=O) groups is 3. The van der Waals surface area contributed by atoms with Crippen LogP contribution in [0.3, 0.4) is 0 Å². The van der Waals surface area contributed by atoms with Gasteiger partial charge < -0.3 is 10.8 Å². The van der Waals surface area contributed by atoms with E-state index in [4.69, 9.17) is 16.0 Å². The summed E-state index contributed by atoms with van der Waals surface area (Å²) in [5.74, 6) is -0.829. The second-order valence-corrected chi connectivity index (χ2v) is 3.18. The number of carboxylic acid groups (broad SMARTS) is 1. The Morgan fingerprint density at radius 3 is 2.28 bits per heavy atom. The van der Waals surface area contributed by atoms with Gasteiger partial charge in [-0.15, -0.1) is 0 Å². The zero-order valence-electron chi connectivity index (χ0n) is 9.11. The molecule has 10 nitrogen and oxygen atoms in total. The maximum Gasteiger partial charge on any atom is 0.452 e. The molecule has 1 aromatic rings. The maximum atomic E-state index is 10.8. The summed E-state index contributed by atoms with van der Waals surface area (Å²) in [4.78, 5) is 31.6. The zero-order valence-corrected chi connectivity index (χ0v) is 9.11. The quantitative estimate of drug-likeness (QED) is 0.298. The number of nitrogens with two attached hydrogens (primary N) is 1. The van der Waals surface area contributed by atoms with Crippen molar-refractivity contribution in [3.05, 3.63) is 12.3 Å². The van der Waals surface area contributed by atoms with E-state index < -0.39 is 23.1 Å². The van der Waals surface area contributed by atoms with Gasteiger partial charge in [0, 0.05) is 12.8 Å². The molecule has 0 saturated carbocycles. The third-order valence-corrected chi connectivity index (χ3v) is 1.91. The van der Waals surface area contributed by atoms with Crippen molar-refractivity contribution in [2.24, 2.45) is 0 Å². The SMILES string of the molecule is Nc1ccn[nH]1.O=C(O)N(O)N1C(=O)CCC1=O. The number of carbonyl (C=O) groups excluding carboxylic acids is 2. The normalized spacial score (nSPS) is 14.2.